The molecule has 0 aliphatic carbocycles. The van der Waals surface area contributed by atoms with Gasteiger partial charge in [0.2, 0.25) is 11.8 Å². The summed E-state index contributed by atoms with van der Waals surface area (Å²) >= 11 is 12.4. The van der Waals surface area contributed by atoms with E-state index < -0.39 is 11.6 Å². The number of rotatable bonds is 9. The lowest BCUT2D eigenvalue weighted by Crippen LogP contribution is -2.54. The topological polar surface area (TPSA) is 49.4 Å². The SMILES string of the molecule is Cc1ccc(CCC(=O)N(Cc2ccc(Cl)c(Cl)c2)[C@H](Cc2ccccc2)C(=O)NC(C)(C)C)cc1. The fraction of sp³-hybridized carbons (Fsp3) is 0.333. The lowest BCUT2D eigenvalue weighted by Gasteiger charge is -2.34. The highest BCUT2D eigenvalue weighted by Gasteiger charge is 2.32. The molecule has 2 amide bonds. The third kappa shape index (κ3) is 8.39. The van der Waals surface area contributed by atoms with E-state index in [1.54, 1.807) is 17.0 Å². The van der Waals surface area contributed by atoms with Crippen LogP contribution in [0.1, 0.15) is 49.4 Å². The molecule has 0 spiro atoms. The number of hydrogen-bond donors (Lipinski definition) is 1. The first-order valence-corrected chi connectivity index (χ1v) is 12.9. The van der Waals surface area contributed by atoms with Gasteiger partial charge in [0.1, 0.15) is 6.04 Å². The Morgan fingerprint density at radius 1 is 0.861 bits per heavy atom. The summed E-state index contributed by atoms with van der Waals surface area (Å²) in [6.07, 6.45) is 1.29. The summed E-state index contributed by atoms with van der Waals surface area (Å²) in [5.41, 5.74) is 3.62. The molecule has 0 unspecified atom stereocenters. The number of aryl methyl sites for hydroxylation is 2. The summed E-state index contributed by atoms with van der Waals surface area (Å²) in [5, 5.41) is 3.95. The maximum atomic E-state index is 13.7. The van der Waals surface area contributed by atoms with Gasteiger partial charge in [-0.3, -0.25) is 9.59 Å². The Bertz CT molecular complexity index is 1170. The lowest BCUT2D eigenvalue weighted by molar-refractivity contribution is -0.141. The average Bonchev–Trinajstić information content (AvgIpc) is 2.82. The molecule has 4 nitrogen and oxygen atoms in total. The van der Waals surface area contributed by atoms with E-state index in [2.05, 4.69) is 5.32 Å². The van der Waals surface area contributed by atoms with E-state index in [1.807, 2.05) is 88.4 Å². The van der Waals surface area contributed by atoms with Gasteiger partial charge in [-0.15, -0.1) is 0 Å². The standard InChI is InChI=1S/C30H34Cl2N2O2/c1-21-10-12-22(13-11-21)15-17-28(35)34(20-24-14-16-25(31)26(32)18-24)27(29(36)33-30(2,3)4)19-23-8-6-5-7-9-23/h5-14,16,18,27H,15,17,19-20H2,1-4H3,(H,33,36)/t27-/m1/s1. The molecule has 0 aliphatic rings. The van der Waals surface area contributed by atoms with Gasteiger partial charge >= 0.3 is 0 Å². The zero-order chi connectivity index (χ0) is 26.3. The van der Waals surface area contributed by atoms with E-state index in [0.717, 1.165) is 16.7 Å². The van der Waals surface area contributed by atoms with Crippen molar-refractivity contribution in [2.75, 3.05) is 0 Å². The van der Waals surface area contributed by atoms with Crippen LogP contribution in [0.2, 0.25) is 10.0 Å². The summed E-state index contributed by atoms with van der Waals surface area (Å²) in [6, 6.07) is 22.6. The van der Waals surface area contributed by atoms with Gasteiger partial charge in [0.05, 0.1) is 10.0 Å². The average molecular weight is 526 g/mol. The third-order valence-corrected chi connectivity index (χ3v) is 6.59. The van der Waals surface area contributed by atoms with E-state index in [9.17, 15) is 9.59 Å². The van der Waals surface area contributed by atoms with Crippen molar-refractivity contribution in [3.63, 3.8) is 0 Å². The Morgan fingerprint density at radius 3 is 2.11 bits per heavy atom. The van der Waals surface area contributed by atoms with Crippen LogP contribution in [0.4, 0.5) is 0 Å². The largest absolute Gasteiger partial charge is 0.350 e. The summed E-state index contributed by atoms with van der Waals surface area (Å²) in [6.45, 7) is 8.10. The highest BCUT2D eigenvalue weighted by atomic mass is 35.5. The molecular weight excluding hydrogens is 491 g/mol. The number of carbonyl (C=O) groups is 2. The first-order valence-electron chi connectivity index (χ1n) is 12.2. The number of hydrogen-bond acceptors (Lipinski definition) is 2. The summed E-state index contributed by atoms with van der Waals surface area (Å²) < 4.78 is 0. The highest BCUT2D eigenvalue weighted by Crippen LogP contribution is 2.25. The van der Waals surface area contributed by atoms with Gasteiger partial charge in [0, 0.05) is 24.9 Å². The summed E-state index contributed by atoms with van der Waals surface area (Å²) in [5.74, 6) is -0.276. The second-order valence-electron chi connectivity index (χ2n) is 10.2. The molecule has 190 valence electrons. The smallest absolute Gasteiger partial charge is 0.243 e. The van der Waals surface area contributed by atoms with Crippen LogP contribution in [0.25, 0.3) is 0 Å². The Balaban J connectivity index is 1.94. The Labute approximate surface area is 224 Å². The molecule has 0 saturated carbocycles. The molecule has 3 aromatic rings. The van der Waals surface area contributed by atoms with Gasteiger partial charge in [-0.25, -0.2) is 0 Å². The number of benzene rings is 3. The minimum absolute atomic E-state index is 0.0911. The van der Waals surface area contributed by atoms with Gasteiger partial charge in [0.25, 0.3) is 0 Å². The second kappa shape index (κ2) is 12.4. The van der Waals surface area contributed by atoms with Crippen LogP contribution in [0.15, 0.2) is 72.8 Å². The molecule has 1 atom stereocenters. The minimum atomic E-state index is -0.688. The van der Waals surface area contributed by atoms with E-state index in [1.165, 1.54) is 5.56 Å². The number of amides is 2. The number of halogens is 2. The molecular formula is C30H34Cl2N2O2. The first-order chi connectivity index (χ1) is 17.0. The molecule has 3 aromatic carbocycles. The predicted molar refractivity (Wildman–Crippen MR) is 148 cm³/mol. The van der Waals surface area contributed by atoms with Crippen LogP contribution in [0.5, 0.6) is 0 Å². The van der Waals surface area contributed by atoms with Gasteiger partial charge in [-0.05, 0) is 62.9 Å². The maximum absolute atomic E-state index is 13.7. The zero-order valence-electron chi connectivity index (χ0n) is 21.4. The highest BCUT2D eigenvalue weighted by molar-refractivity contribution is 6.42. The van der Waals surface area contributed by atoms with Crippen molar-refractivity contribution in [2.45, 2.75) is 65.1 Å². The van der Waals surface area contributed by atoms with Gasteiger partial charge in [-0.2, -0.15) is 0 Å². The predicted octanol–water partition coefficient (Wildman–Crippen LogP) is 6.79. The Morgan fingerprint density at radius 2 is 1.50 bits per heavy atom. The Hall–Kier alpha value is -2.82. The van der Waals surface area contributed by atoms with Crippen LogP contribution in [0.3, 0.4) is 0 Å². The van der Waals surface area contributed by atoms with Crippen molar-refractivity contribution in [1.29, 1.82) is 0 Å². The van der Waals surface area contributed by atoms with Crippen LogP contribution in [-0.2, 0) is 29.0 Å². The molecule has 6 heteroatoms. The van der Waals surface area contributed by atoms with E-state index >= 15 is 0 Å². The van der Waals surface area contributed by atoms with Crippen molar-refractivity contribution >= 4 is 35.0 Å². The van der Waals surface area contributed by atoms with Gasteiger partial charge in [0.15, 0.2) is 0 Å². The van der Waals surface area contributed by atoms with Crippen molar-refractivity contribution in [1.82, 2.24) is 10.2 Å². The van der Waals surface area contributed by atoms with E-state index in [0.29, 0.717) is 29.3 Å². The molecule has 3 rings (SSSR count). The van der Waals surface area contributed by atoms with Crippen molar-refractivity contribution in [2.24, 2.45) is 0 Å². The lowest BCUT2D eigenvalue weighted by atomic mass is 9.99. The molecule has 0 aromatic heterocycles. The van der Waals surface area contributed by atoms with Crippen LogP contribution < -0.4 is 5.32 Å². The Kier molecular flexibility index (Phi) is 9.58. The van der Waals surface area contributed by atoms with Crippen LogP contribution >= 0.6 is 23.2 Å². The molecule has 36 heavy (non-hydrogen) atoms. The van der Waals surface area contributed by atoms with E-state index in [4.69, 9.17) is 23.2 Å². The molecule has 0 bridgehead atoms. The molecule has 0 aliphatic heterocycles. The zero-order valence-corrected chi connectivity index (χ0v) is 22.9. The van der Waals surface area contributed by atoms with Crippen LogP contribution in [-0.4, -0.2) is 28.3 Å². The van der Waals surface area contributed by atoms with Gasteiger partial charge < -0.3 is 10.2 Å². The molecule has 1 N–H and O–H groups in total. The fourth-order valence-electron chi connectivity index (χ4n) is 3.99. The molecule has 0 radical (unpaired) electrons. The molecule has 0 saturated heterocycles. The minimum Gasteiger partial charge on any atom is -0.350 e. The first kappa shape index (κ1) is 27.8. The van der Waals surface area contributed by atoms with E-state index in [-0.39, 0.29) is 18.4 Å². The quantitative estimate of drug-likeness (QED) is 0.335. The summed E-state index contributed by atoms with van der Waals surface area (Å²) in [7, 11) is 0. The van der Waals surface area contributed by atoms with Crippen LogP contribution in [0, 0.1) is 6.92 Å². The van der Waals surface area contributed by atoms with Crippen molar-refractivity contribution < 1.29 is 9.59 Å². The maximum Gasteiger partial charge on any atom is 0.243 e. The number of nitrogens with one attached hydrogen (secondary N) is 1. The molecule has 0 heterocycles. The second-order valence-corrected chi connectivity index (χ2v) is 11.0. The number of carbonyl (C=O) groups excluding carboxylic acids is 2. The summed E-state index contributed by atoms with van der Waals surface area (Å²) in [4.78, 5) is 29.0. The van der Waals surface area contributed by atoms with Gasteiger partial charge in [-0.1, -0.05) is 89.4 Å². The van der Waals surface area contributed by atoms with Crippen molar-refractivity contribution in [3.8, 4) is 0 Å². The molecule has 0 fully saturated rings. The van der Waals surface area contributed by atoms with Crippen molar-refractivity contribution in [3.05, 3.63) is 105 Å². The number of nitrogens with zero attached hydrogens (tertiary/aromatic N) is 1. The fourth-order valence-corrected chi connectivity index (χ4v) is 4.31. The normalized spacial score (nSPS) is 12.2. The monoisotopic (exact) mass is 524 g/mol. The third-order valence-electron chi connectivity index (χ3n) is 5.85.